The highest BCUT2D eigenvalue weighted by Gasteiger charge is 2.46. The first-order valence-corrected chi connectivity index (χ1v) is 24.5. The zero-order chi connectivity index (χ0) is 47.6. The number of benzene rings is 10. The highest BCUT2D eigenvalue weighted by molar-refractivity contribution is 6.19. The first-order valence-electron chi connectivity index (χ1n) is 24.5. The predicted octanol–water partition coefficient (Wildman–Crippen LogP) is 16.7. The van der Waals surface area contributed by atoms with Gasteiger partial charge in [0.25, 0.3) is 0 Å². The SMILES string of the molecule is c1ccc(-n2ccc3c2ccc2c4cc(-c5ccc(N(c6ccc(-c7ncccn7)cc6)c6ccc7c(c6)C(c6ccccc6)(c6ccccc6)c6ccccc6-7)cc5)ccc4n(-c4ccccc4)c23)cc1. The molecule has 1 aliphatic rings. The number of hydrogen-bond acceptors (Lipinski definition) is 3. The fourth-order valence-corrected chi connectivity index (χ4v) is 11.6. The number of hydrogen-bond donors (Lipinski definition) is 0. The van der Waals surface area contributed by atoms with E-state index in [-0.39, 0.29) is 0 Å². The maximum absolute atomic E-state index is 4.56. The Morgan fingerprint density at radius 1 is 0.361 bits per heavy atom. The Kier molecular flexibility index (Phi) is 9.68. The Morgan fingerprint density at radius 2 is 0.917 bits per heavy atom. The molecule has 0 spiro atoms. The van der Waals surface area contributed by atoms with Crippen molar-refractivity contribution in [3.05, 3.63) is 296 Å². The van der Waals surface area contributed by atoms with Crippen molar-refractivity contribution in [2.75, 3.05) is 4.90 Å². The highest BCUT2D eigenvalue weighted by atomic mass is 15.1. The molecule has 72 heavy (non-hydrogen) atoms. The molecular formula is C67H45N5. The van der Waals surface area contributed by atoms with Gasteiger partial charge in [0.05, 0.1) is 22.0 Å². The summed E-state index contributed by atoms with van der Waals surface area (Å²) < 4.78 is 4.72. The van der Waals surface area contributed by atoms with Crippen molar-refractivity contribution in [3.63, 3.8) is 0 Å². The third-order valence-electron chi connectivity index (χ3n) is 14.8. The Morgan fingerprint density at radius 3 is 1.60 bits per heavy atom. The average Bonchev–Trinajstić information content (AvgIpc) is 4.14. The van der Waals surface area contributed by atoms with Crippen molar-refractivity contribution in [1.82, 2.24) is 19.1 Å². The van der Waals surface area contributed by atoms with Crippen molar-refractivity contribution in [3.8, 4) is 45.0 Å². The molecule has 0 bridgehead atoms. The molecule has 14 rings (SSSR count). The summed E-state index contributed by atoms with van der Waals surface area (Å²) >= 11 is 0. The fourth-order valence-electron chi connectivity index (χ4n) is 11.6. The van der Waals surface area contributed by atoms with E-state index in [4.69, 9.17) is 0 Å². The molecule has 0 aliphatic heterocycles. The van der Waals surface area contributed by atoms with Crippen LogP contribution in [0.3, 0.4) is 0 Å². The molecular weight excluding hydrogens is 875 g/mol. The molecule has 0 unspecified atom stereocenters. The summed E-state index contributed by atoms with van der Waals surface area (Å²) in [6.07, 6.45) is 5.78. The topological polar surface area (TPSA) is 38.9 Å². The molecule has 0 fully saturated rings. The number of anilines is 3. The Bertz CT molecular complexity index is 4070. The molecule has 1 aliphatic carbocycles. The molecule has 0 atom stereocenters. The summed E-state index contributed by atoms with van der Waals surface area (Å²) in [5.74, 6) is 0.699. The number of rotatable bonds is 9. The Labute approximate surface area is 417 Å². The van der Waals surface area contributed by atoms with Crippen molar-refractivity contribution < 1.29 is 0 Å². The minimum absolute atomic E-state index is 0.533. The standard InChI is InChI=1S/C67H45N5/c1-5-16-49(17-6-1)67(50-18-7-2-8-19-50)61-25-14-13-24-56(61)57-36-35-55(45-62(57)67)71(54-33-28-47(29-34-54)66-68-41-15-42-69-66)53-31-26-46(27-32-53)48-30-38-64-60(44-48)58-37-39-63-59(40-43-70(63)51-20-9-3-10-21-51)65(58)72(64)52-22-11-4-12-23-52/h1-45H. The van der Waals surface area contributed by atoms with Crippen LogP contribution in [-0.2, 0) is 5.41 Å². The van der Waals surface area contributed by atoms with E-state index in [0.717, 1.165) is 45.1 Å². The van der Waals surface area contributed by atoms with E-state index in [1.165, 1.54) is 66.1 Å². The van der Waals surface area contributed by atoms with E-state index in [1.807, 2.05) is 6.07 Å². The monoisotopic (exact) mass is 919 g/mol. The van der Waals surface area contributed by atoms with Gasteiger partial charge in [-0.2, -0.15) is 0 Å². The van der Waals surface area contributed by atoms with Crippen LogP contribution < -0.4 is 4.90 Å². The zero-order valence-corrected chi connectivity index (χ0v) is 39.2. The quantitative estimate of drug-likeness (QED) is 0.145. The van der Waals surface area contributed by atoms with E-state index >= 15 is 0 Å². The van der Waals surface area contributed by atoms with Crippen LogP contribution in [0, 0.1) is 0 Å². The largest absolute Gasteiger partial charge is 0.316 e. The van der Waals surface area contributed by atoms with Gasteiger partial charge >= 0.3 is 0 Å². The van der Waals surface area contributed by atoms with Gasteiger partial charge in [-0.15, -0.1) is 0 Å². The van der Waals surface area contributed by atoms with Crippen LogP contribution in [-0.4, -0.2) is 19.1 Å². The van der Waals surface area contributed by atoms with Gasteiger partial charge in [-0.3, -0.25) is 0 Å². The molecule has 10 aromatic carbocycles. The summed E-state index contributed by atoms with van der Waals surface area (Å²) in [5, 5.41) is 3.65. The van der Waals surface area contributed by atoms with Crippen LogP contribution in [0.1, 0.15) is 22.3 Å². The molecule has 0 amide bonds. The third-order valence-corrected chi connectivity index (χ3v) is 14.8. The number of fused-ring (bicyclic) bond motifs is 8. The minimum Gasteiger partial charge on any atom is -0.316 e. The Hall–Kier alpha value is -9.58. The van der Waals surface area contributed by atoms with Crippen LogP contribution in [0.4, 0.5) is 17.1 Å². The van der Waals surface area contributed by atoms with Gasteiger partial charge in [-0.25, -0.2) is 9.97 Å². The molecule has 0 saturated carbocycles. The van der Waals surface area contributed by atoms with Gasteiger partial charge in [-0.05, 0) is 148 Å². The maximum Gasteiger partial charge on any atom is 0.159 e. The summed E-state index contributed by atoms with van der Waals surface area (Å²) in [5.41, 5.74) is 19.2. The van der Waals surface area contributed by atoms with Crippen LogP contribution in [0.25, 0.3) is 77.7 Å². The predicted molar refractivity (Wildman–Crippen MR) is 296 cm³/mol. The summed E-state index contributed by atoms with van der Waals surface area (Å²) in [7, 11) is 0. The van der Waals surface area contributed by atoms with Crippen molar-refractivity contribution in [2.24, 2.45) is 0 Å². The second-order valence-corrected chi connectivity index (χ2v) is 18.6. The smallest absolute Gasteiger partial charge is 0.159 e. The number of nitrogens with zero attached hydrogens (tertiary/aromatic N) is 5. The minimum atomic E-state index is -0.533. The molecule has 338 valence electrons. The fraction of sp³-hybridized carbons (Fsp3) is 0.0149. The maximum atomic E-state index is 4.56. The van der Waals surface area contributed by atoms with E-state index in [1.54, 1.807) is 12.4 Å². The van der Waals surface area contributed by atoms with Crippen LogP contribution >= 0.6 is 0 Å². The van der Waals surface area contributed by atoms with Crippen molar-refractivity contribution in [1.29, 1.82) is 0 Å². The van der Waals surface area contributed by atoms with Crippen molar-refractivity contribution in [2.45, 2.75) is 5.41 Å². The van der Waals surface area contributed by atoms with Crippen LogP contribution in [0.2, 0.25) is 0 Å². The van der Waals surface area contributed by atoms with Gasteiger partial charge < -0.3 is 14.0 Å². The first-order chi connectivity index (χ1) is 35.7. The number of para-hydroxylation sites is 2. The summed E-state index contributed by atoms with van der Waals surface area (Å²) in [6, 6.07) is 92.7. The molecule has 3 heterocycles. The first kappa shape index (κ1) is 41.4. The summed E-state index contributed by atoms with van der Waals surface area (Å²) in [6.45, 7) is 0. The van der Waals surface area contributed by atoms with Gasteiger partial charge in [0.15, 0.2) is 5.82 Å². The number of aromatic nitrogens is 4. The van der Waals surface area contributed by atoms with Gasteiger partial charge in [-0.1, -0.05) is 152 Å². The molecule has 0 radical (unpaired) electrons. The van der Waals surface area contributed by atoms with Gasteiger partial charge in [0, 0.05) is 68.7 Å². The van der Waals surface area contributed by atoms with E-state index in [0.29, 0.717) is 5.82 Å². The molecule has 0 N–H and O–H groups in total. The van der Waals surface area contributed by atoms with E-state index in [9.17, 15) is 0 Å². The molecule has 3 aromatic heterocycles. The lowest BCUT2D eigenvalue weighted by molar-refractivity contribution is 0.768. The second-order valence-electron chi connectivity index (χ2n) is 18.6. The summed E-state index contributed by atoms with van der Waals surface area (Å²) in [4.78, 5) is 11.5. The normalized spacial score (nSPS) is 12.6. The lowest BCUT2D eigenvalue weighted by Gasteiger charge is -2.35. The molecule has 13 aromatic rings. The lowest BCUT2D eigenvalue weighted by Crippen LogP contribution is -2.28. The highest BCUT2D eigenvalue weighted by Crippen LogP contribution is 2.57. The van der Waals surface area contributed by atoms with Crippen molar-refractivity contribution >= 4 is 49.8 Å². The van der Waals surface area contributed by atoms with Gasteiger partial charge in [0.1, 0.15) is 0 Å². The lowest BCUT2D eigenvalue weighted by atomic mass is 9.67. The molecule has 5 heteroatoms. The zero-order valence-electron chi connectivity index (χ0n) is 39.2. The molecule has 0 saturated heterocycles. The van der Waals surface area contributed by atoms with E-state index in [2.05, 4.69) is 279 Å². The van der Waals surface area contributed by atoms with Gasteiger partial charge in [0.2, 0.25) is 0 Å². The van der Waals surface area contributed by atoms with Crippen LogP contribution in [0.5, 0.6) is 0 Å². The van der Waals surface area contributed by atoms with E-state index < -0.39 is 5.41 Å². The second kappa shape index (κ2) is 16.8. The Balaban J connectivity index is 0.918. The average molecular weight is 920 g/mol. The van der Waals surface area contributed by atoms with Crippen LogP contribution in [0.15, 0.2) is 273 Å². The molecule has 5 nitrogen and oxygen atoms in total. The third kappa shape index (κ3) is 6.48.